The van der Waals surface area contributed by atoms with Crippen LogP contribution in [0.5, 0.6) is 0 Å². The topological polar surface area (TPSA) is 66.2 Å². The SMILES string of the molecule is COC(=O)c1ccc(CN(C)C(C)C#N)nc1. The molecule has 0 spiro atoms. The van der Waals surface area contributed by atoms with Crippen LogP contribution in [0.15, 0.2) is 18.3 Å². The van der Waals surface area contributed by atoms with Crippen LogP contribution in [0.3, 0.4) is 0 Å². The standard InChI is InChI=1S/C12H15N3O2/c1-9(6-13)15(2)8-11-5-4-10(7-14-11)12(16)17-3/h4-5,7,9H,8H2,1-3H3. The van der Waals surface area contributed by atoms with Crippen molar-refractivity contribution in [2.45, 2.75) is 19.5 Å². The van der Waals surface area contributed by atoms with E-state index < -0.39 is 5.97 Å². The van der Waals surface area contributed by atoms with Gasteiger partial charge in [-0.15, -0.1) is 0 Å². The molecule has 1 aromatic heterocycles. The van der Waals surface area contributed by atoms with Crippen LogP contribution in [0.2, 0.25) is 0 Å². The Morgan fingerprint density at radius 3 is 2.82 bits per heavy atom. The van der Waals surface area contributed by atoms with Crippen LogP contribution < -0.4 is 0 Å². The van der Waals surface area contributed by atoms with Crippen molar-refractivity contribution in [2.24, 2.45) is 0 Å². The van der Waals surface area contributed by atoms with Gasteiger partial charge in [-0.05, 0) is 26.1 Å². The summed E-state index contributed by atoms with van der Waals surface area (Å²) >= 11 is 0. The molecule has 0 fully saturated rings. The second-order valence-electron chi connectivity index (χ2n) is 3.75. The molecule has 0 amide bonds. The Morgan fingerprint density at radius 1 is 1.65 bits per heavy atom. The van der Waals surface area contributed by atoms with Crippen LogP contribution in [0.25, 0.3) is 0 Å². The average molecular weight is 233 g/mol. The summed E-state index contributed by atoms with van der Waals surface area (Å²) in [6.45, 7) is 2.39. The maximum atomic E-state index is 11.2. The van der Waals surface area contributed by atoms with E-state index in [4.69, 9.17) is 5.26 Å². The minimum Gasteiger partial charge on any atom is -0.465 e. The van der Waals surface area contributed by atoms with Crippen molar-refractivity contribution in [1.82, 2.24) is 9.88 Å². The lowest BCUT2D eigenvalue weighted by atomic mass is 10.2. The number of carbonyl (C=O) groups excluding carboxylic acids is 1. The van der Waals surface area contributed by atoms with Crippen LogP contribution in [-0.4, -0.2) is 36.1 Å². The summed E-state index contributed by atoms with van der Waals surface area (Å²) < 4.78 is 4.58. The van der Waals surface area contributed by atoms with E-state index in [1.165, 1.54) is 13.3 Å². The number of carbonyl (C=O) groups is 1. The maximum Gasteiger partial charge on any atom is 0.339 e. The van der Waals surface area contributed by atoms with Gasteiger partial charge in [0.15, 0.2) is 0 Å². The van der Waals surface area contributed by atoms with E-state index in [2.05, 4.69) is 15.8 Å². The number of methoxy groups -OCH3 is 1. The van der Waals surface area contributed by atoms with Gasteiger partial charge < -0.3 is 4.74 Å². The van der Waals surface area contributed by atoms with Crippen molar-refractivity contribution in [3.05, 3.63) is 29.6 Å². The molecule has 0 saturated heterocycles. The Hall–Kier alpha value is -1.93. The van der Waals surface area contributed by atoms with Gasteiger partial charge in [0.25, 0.3) is 0 Å². The van der Waals surface area contributed by atoms with E-state index in [0.717, 1.165) is 5.69 Å². The van der Waals surface area contributed by atoms with E-state index in [9.17, 15) is 4.79 Å². The lowest BCUT2D eigenvalue weighted by molar-refractivity contribution is 0.0600. The molecule has 0 radical (unpaired) electrons. The molecular formula is C12H15N3O2. The van der Waals surface area contributed by atoms with Gasteiger partial charge in [-0.25, -0.2) is 4.79 Å². The third-order valence-corrected chi connectivity index (χ3v) is 2.51. The highest BCUT2D eigenvalue weighted by Gasteiger charge is 2.10. The Balaban J connectivity index is 2.69. The number of pyridine rings is 1. The van der Waals surface area contributed by atoms with Gasteiger partial charge in [-0.3, -0.25) is 9.88 Å². The van der Waals surface area contributed by atoms with Crippen molar-refractivity contribution in [2.75, 3.05) is 14.2 Å². The van der Waals surface area contributed by atoms with Crippen molar-refractivity contribution in [3.8, 4) is 6.07 Å². The fourth-order valence-corrected chi connectivity index (χ4v) is 1.25. The third kappa shape index (κ3) is 3.54. The van der Waals surface area contributed by atoms with Crippen molar-refractivity contribution in [3.63, 3.8) is 0 Å². The number of nitriles is 1. The lowest BCUT2D eigenvalue weighted by Crippen LogP contribution is -2.27. The normalized spacial score (nSPS) is 11.9. The van der Waals surface area contributed by atoms with E-state index in [0.29, 0.717) is 12.1 Å². The molecule has 0 aliphatic heterocycles. The summed E-state index contributed by atoms with van der Waals surface area (Å²) in [6, 6.07) is 5.40. The Bertz CT molecular complexity index is 422. The van der Waals surface area contributed by atoms with E-state index in [-0.39, 0.29) is 6.04 Å². The van der Waals surface area contributed by atoms with Crippen LogP contribution >= 0.6 is 0 Å². The minimum atomic E-state index is -0.400. The summed E-state index contributed by atoms with van der Waals surface area (Å²) in [5.74, 6) is -0.400. The first-order valence-electron chi connectivity index (χ1n) is 5.21. The smallest absolute Gasteiger partial charge is 0.339 e. The fourth-order valence-electron chi connectivity index (χ4n) is 1.25. The van der Waals surface area contributed by atoms with E-state index in [1.807, 2.05) is 18.9 Å². The molecule has 5 heteroatoms. The molecular weight excluding hydrogens is 218 g/mol. The second kappa shape index (κ2) is 5.97. The number of hydrogen-bond donors (Lipinski definition) is 0. The Labute approximate surface area is 101 Å². The molecule has 1 atom stereocenters. The number of rotatable bonds is 4. The van der Waals surface area contributed by atoms with Crippen LogP contribution in [0, 0.1) is 11.3 Å². The zero-order valence-electron chi connectivity index (χ0n) is 10.2. The quantitative estimate of drug-likeness (QED) is 0.731. The highest BCUT2D eigenvalue weighted by atomic mass is 16.5. The van der Waals surface area contributed by atoms with E-state index in [1.54, 1.807) is 12.1 Å². The second-order valence-corrected chi connectivity index (χ2v) is 3.75. The van der Waals surface area contributed by atoms with Crippen molar-refractivity contribution >= 4 is 5.97 Å². The van der Waals surface area contributed by atoms with Gasteiger partial charge >= 0.3 is 5.97 Å². The van der Waals surface area contributed by atoms with Crippen LogP contribution in [0.4, 0.5) is 0 Å². The molecule has 1 rings (SSSR count). The predicted octanol–water partition coefficient (Wildman–Crippen LogP) is 1.21. The van der Waals surface area contributed by atoms with Gasteiger partial charge in [-0.1, -0.05) is 0 Å². The molecule has 0 aliphatic rings. The van der Waals surface area contributed by atoms with Crippen molar-refractivity contribution in [1.29, 1.82) is 5.26 Å². The molecule has 0 aliphatic carbocycles. The van der Waals surface area contributed by atoms with Gasteiger partial charge in [0, 0.05) is 12.7 Å². The number of esters is 1. The lowest BCUT2D eigenvalue weighted by Gasteiger charge is -2.18. The molecule has 17 heavy (non-hydrogen) atoms. The van der Waals surface area contributed by atoms with Crippen LogP contribution in [-0.2, 0) is 11.3 Å². The largest absolute Gasteiger partial charge is 0.465 e. The monoisotopic (exact) mass is 233 g/mol. The zero-order valence-corrected chi connectivity index (χ0v) is 10.2. The molecule has 0 bridgehead atoms. The van der Waals surface area contributed by atoms with Gasteiger partial charge in [-0.2, -0.15) is 5.26 Å². The summed E-state index contributed by atoms with van der Waals surface area (Å²) in [4.78, 5) is 17.2. The van der Waals surface area contributed by atoms with Gasteiger partial charge in [0.05, 0.1) is 30.5 Å². The minimum absolute atomic E-state index is 0.169. The zero-order chi connectivity index (χ0) is 12.8. The number of hydrogen-bond acceptors (Lipinski definition) is 5. The molecule has 0 saturated carbocycles. The summed E-state index contributed by atoms with van der Waals surface area (Å²) in [5, 5.41) is 8.76. The molecule has 0 N–H and O–H groups in total. The molecule has 1 unspecified atom stereocenters. The molecule has 90 valence electrons. The Kier molecular flexibility index (Phi) is 4.61. The summed E-state index contributed by atoms with van der Waals surface area (Å²) in [6.07, 6.45) is 1.48. The molecule has 1 aromatic rings. The van der Waals surface area contributed by atoms with Gasteiger partial charge in [0.1, 0.15) is 0 Å². The molecule has 1 heterocycles. The Morgan fingerprint density at radius 2 is 2.35 bits per heavy atom. The third-order valence-electron chi connectivity index (χ3n) is 2.51. The first kappa shape index (κ1) is 13.1. The van der Waals surface area contributed by atoms with Crippen LogP contribution in [0.1, 0.15) is 23.0 Å². The highest BCUT2D eigenvalue weighted by molar-refractivity contribution is 5.88. The number of ether oxygens (including phenoxy) is 1. The first-order valence-corrected chi connectivity index (χ1v) is 5.21. The fraction of sp³-hybridized carbons (Fsp3) is 0.417. The van der Waals surface area contributed by atoms with Crippen molar-refractivity contribution < 1.29 is 9.53 Å². The first-order chi connectivity index (χ1) is 8.08. The molecule has 0 aromatic carbocycles. The summed E-state index contributed by atoms with van der Waals surface area (Å²) in [5.41, 5.74) is 1.23. The number of aromatic nitrogens is 1. The maximum absolute atomic E-state index is 11.2. The number of nitrogens with zero attached hydrogens (tertiary/aromatic N) is 3. The summed E-state index contributed by atoms with van der Waals surface area (Å²) in [7, 11) is 3.18. The highest BCUT2D eigenvalue weighted by Crippen LogP contribution is 2.06. The average Bonchev–Trinajstić information content (AvgIpc) is 2.37. The van der Waals surface area contributed by atoms with Gasteiger partial charge in [0.2, 0.25) is 0 Å². The van der Waals surface area contributed by atoms with E-state index >= 15 is 0 Å². The predicted molar refractivity (Wildman–Crippen MR) is 62.1 cm³/mol. The molecule has 5 nitrogen and oxygen atoms in total.